The lowest BCUT2D eigenvalue weighted by Gasteiger charge is -2.52. The smallest absolute Gasteiger partial charge is 0.246 e. The molecule has 0 aromatic heterocycles. The summed E-state index contributed by atoms with van der Waals surface area (Å²) in [6.07, 6.45) is 9.17. The Morgan fingerprint density at radius 1 is 1.00 bits per heavy atom. The molecule has 6 heteroatoms. The second-order valence-electron chi connectivity index (χ2n) is 10.9. The summed E-state index contributed by atoms with van der Waals surface area (Å²) in [5.41, 5.74) is 0.564. The van der Waals surface area contributed by atoms with Gasteiger partial charge in [-0.15, -0.1) is 0 Å². The first-order chi connectivity index (χ1) is 16.9. The van der Waals surface area contributed by atoms with Crippen molar-refractivity contribution < 1.29 is 14.3 Å². The molecular formula is C29H47N3O3. The molecule has 2 aliphatic rings. The predicted octanol–water partition coefficient (Wildman–Crippen LogP) is 5.15. The minimum atomic E-state index is -0.689. The maximum Gasteiger partial charge on any atom is 0.246 e. The van der Waals surface area contributed by atoms with Gasteiger partial charge in [-0.05, 0) is 55.7 Å². The highest BCUT2D eigenvalue weighted by atomic mass is 16.5. The van der Waals surface area contributed by atoms with E-state index in [1.165, 1.54) is 31.2 Å². The van der Waals surface area contributed by atoms with Gasteiger partial charge in [-0.3, -0.25) is 14.5 Å². The number of hydrogen-bond donors (Lipinski definition) is 1. The number of piperidine rings is 1. The molecule has 2 amide bonds. The molecule has 1 aromatic rings. The van der Waals surface area contributed by atoms with Gasteiger partial charge >= 0.3 is 0 Å². The molecule has 2 heterocycles. The van der Waals surface area contributed by atoms with Crippen molar-refractivity contribution in [1.82, 2.24) is 15.1 Å². The summed E-state index contributed by atoms with van der Waals surface area (Å²) in [6, 6.07) is 8.05. The van der Waals surface area contributed by atoms with Crippen LogP contribution in [0.25, 0.3) is 0 Å². The van der Waals surface area contributed by atoms with E-state index in [1.54, 1.807) is 0 Å². The number of amides is 2. The lowest BCUT2D eigenvalue weighted by atomic mass is 9.80. The van der Waals surface area contributed by atoms with E-state index in [-0.39, 0.29) is 17.9 Å². The quantitative estimate of drug-likeness (QED) is 0.392. The van der Waals surface area contributed by atoms with E-state index in [4.69, 9.17) is 4.74 Å². The van der Waals surface area contributed by atoms with Crippen molar-refractivity contribution >= 4 is 11.8 Å². The van der Waals surface area contributed by atoms with Crippen molar-refractivity contribution in [3.05, 3.63) is 29.8 Å². The van der Waals surface area contributed by atoms with Gasteiger partial charge in [-0.25, -0.2) is 0 Å². The Labute approximate surface area is 212 Å². The summed E-state index contributed by atoms with van der Waals surface area (Å²) in [7, 11) is 0. The van der Waals surface area contributed by atoms with Gasteiger partial charge in [0.25, 0.3) is 0 Å². The number of likely N-dealkylation sites (tertiary alicyclic amines) is 1. The lowest BCUT2D eigenvalue weighted by Crippen LogP contribution is -2.73. The Balaban J connectivity index is 1.52. The molecule has 1 aromatic carbocycles. The fraction of sp³-hybridized carbons (Fsp3) is 0.724. The van der Waals surface area contributed by atoms with E-state index in [0.717, 1.165) is 44.8 Å². The average Bonchev–Trinajstić information content (AvgIpc) is 2.84. The zero-order chi connectivity index (χ0) is 25.3. The van der Waals surface area contributed by atoms with E-state index in [2.05, 4.69) is 62.2 Å². The van der Waals surface area contributed by atoms with E-state index in [1.807, 2.05) is 4.90 Å². The monoisotopic (exact) mass is 485 g/mol. The largest absolute Gasteiger partial charge is 0.494 e. The van der Waals surface area contributed by atoms with Crippen molar-refractivity contribution in [2.75, 3.05) is 26.2 Å². The van der Waals surface area contributed by atoms with Crippen molar-refractivity contribution in [3.8, 4) is 5.75 Å². The number of hydrogen-bond acceptors (Lipinski definition) is 4. The fourth-order valence-electron chi connectivity index (χ4n) is 5.48. The van der Waals surface area contributed by atoms with Crippen LogP contribution in [0.4, 0.5) is 0 Å². The summed E-state index contributed by atoms with van der Waals surface area (Å²) in [4.78, 5) is 30.9. The van der Waals surface area contributed by atoms with Crippen LogP contribution in [0.2, 0.25) is 0 Å². The molecule has 1 atom stereocenters. The van der Waals surface area contributed by atoms with Crippen LogP contribution < -0.4 is 10.1 Å². The number of benzene rings is 1. The molecule has 35 heavy (non-hydrogen) atoms. The highest BCUT2D eigenvalue weighted by Crippen LogP contribution is 2.34. The van der Waals surface area contributed by atoms with Crippen LogP contribution in [0, 0.1) is 5.92 Å². The van der Waals surface area contributed by atoms with Crippen LogP contribution in [0.1, 0.15) is 91.0 Å². The molecule has 0 aliphatic carbocycles. The summed E-state index contributed by atoms with van der Waals surface area (Å²) >= 11 is 0. The molecule has 0 radical (unpaired) electrons. The van der Waals surface area contributed by atoms with Crippen molar-refractivity contribution in [2.45, 2.75) is 104 Å². The third-order valence-electron chi connectivity index (χ3n) is 7.49. The van der Waals surface area contributed by atoms with Gasteiger partial charge in [0.05, 0.1) is 6.61 Å². The number of carbonyl (C=O) groups is 2. The van der Waals surface area contributed by atoms with Crippen molar-refractivity contribution in [3.63, 3.8) is 0 Å². The van der Waals surface area contributed by atoms with Gasteiger partial charge < -0.3 is 15.0 Å². The highest BCUT2D eigenvalue weighted by molar-refractivity contribution is 6.00. The molecule has 196 valence electrons. The molecule has 1 unspecified atom stereocenters. The Morgan fingerprint density at radius 3 is 2.31 bits per heavy atom. The van der Waals surface area contributed by atoms with Crippen molar-refractivity contribution in [2.24, 2.45) is 5.92 Å². The Hall–Kier alpha value is -2.08. The summed E-state index contributed by atoms with van der Waals surface area (Å²) in [5, 5.41) is 3.09. The first kappa shape index (κ1) is 27.5. The third-order valence-corrected chi connectivity index (χ3v) is 7.49. The van der Waals surface area contributed by atoms with Crippen LogP contribution in [-0.4, -0.2) is 59.4 Å². The Kier molecular flexibility index (Phi) is 10.4. The minimum absolute atomic E-state index is 0.0482. The average molecular weight is 486 g/mol. The molecule has 2 fully saturated rings. The standard InChI is InChI=1S/C29H47N3O3/c1-5-7-8-9-10-20-35-25-13-11-24(12-14-25)22-31-18-15-29(16-19-31)28(34)30-26(21-23(3)4)27(33)32(29)17-6-2/h11-14,23,26H,5-10,15-22H2,1-4H3,(H,30,34). The highest BCUT2D eigenvalue weighted by Gasteiger charge is 2.53. The normalized spacial score (nSPS) is 20.5. The Bertz CT molecular complexity index is 800. The molecule has 2 aliphatic heterocycles. The van der Waals surface area contributed by atoms with Gasteiger partial charge in [0.2, 0.25) is 11.8 Å². The molecular weight excluding hydrogens is 438 g/mol. The number of piperazine rings is 1. The molecule has 3 rings (SSSR count). The second kappa shape index (κ2) is 13.3. The first-order valence-corrected chi connectivity index (χ1v) is 14.0. The van der Waals surface area contributed by atoms with Crippen LogP contribution in [-0.2, 0) is 16.1 Å². The SMILES string of the molecule is CCCCCCCOc1ccc(CN2CCC3(CC2)C(=O)NC(CC(C)C)C(=O)N3CCC)cc1. The molecule has 2 saturated heterocycles. The van der Waals surface area contributed by atoms with E-state index in [9.17, 15) is 9.59 Å². The third kappa shape index (κ3) is 7.22. The van der Waals surface area contributed by atoms with Gasteiger partial charge in [0.15, 0.2) is 0 Å². The van der Waals surface area contributed by atoms with E-state index in [0.29, 0.717) is 31.7 Å². The van der Waals surface area contributed by atoms with Crippen molar-refractivity contribution in [1.29, 1.82) is 0 Å². The predicted molar refractivity (Wildman–Crippen MR) is 141 cm³/mol. The van der Waals surface area contributed by atoms with Crippen LogP contribution in [0.15, 0.2) is 24.3 Å². The topological polar surface area (TPSA) is 61.9 Å². The lowest BCUT2D eigenvalue weighted by molar-refractivity contribution is -0.161. The zero-order valence-corrected chi connectivity index (χ0v) is 22.5. The summed E-state index contributed by atoms with van der Waals surface area (Å²) in [6.45, 7) is 12.4. The number of nitrogens with one attached hydrogen (secondary N) is 1. The molecule has 6 nitrogen and oxygen atoms in total. The van der Waals surface area contributed by atoms with Gasteiger partial charge in [-0.1, -0.05) is 65.5 Å². The summed E-state index contributed by atoms with van der Waals surface area (Å²) < 4.78 is 5.90. The first-order valence-electron chi connectivity index (χ1n) is 14.0. The molecule has 1 spiro atoms. The number of ether oxygens (including phenoxy) is 1. The van der Waals surface area contributed by atoms with Crippen LogP contribution in [0.3, 0.4) is 0 Å². The van der Waals surface area contributed by atoms with Gasteiger partial charge in [0, 0.05) is 26.2 Å². The molecule has 0 saturated carbocycles. The second-order valence-corrected chi connectivity index (χ2v) is 10.9. The fourth-order valence-corrected chi connectivity index (χ4v) is 5.48. The minimum Gasteiger partial charge on any atom is -0.494 e. The number of nitrogens with zero attached hydrogens (tertiary/aromatic N) is 2. The van der Waals surface area contributed by atoms with Gasteiger partial charge in [0.1, 0.15) is 17.3 Å². The Morgan fingerprint density at radius 2 is 1.69 bits per heavy atom. The number of rotatable bonds is 13. The maximum atomic E-state index is 13.3. The maximum absolute atomic E-state index is 13.3. The van der Waals surface area contributed by atoms with Gasteiger partial charge in [-0.2, -0.15) is 0 Å². The van der Waals surface area contributed by atoms with E-state index < -0.39 is 5.54 Å². The number of unbranched alkanes of at least 4 members (excludes halogenated alkanes) is 4. The molecule has 1 N–H and O–H groups in total. The molecule has 0 bridgehead atoms. The zero-order valence-electron chi connectivity index (χ0n) is 22.5. The summed E-state index contributed by atoms with van der Waals surface area (Å²) in [5.74, 6) is 1.46. The van der Waals surface area contributed by atoms with Crippen LogP contribution in [0.5, 0.6) is 5.75 Å². The number of carbonyl (C=O) groups excluding carboxylic acids is 2. The van der Waals surface area contributed by atoms with Crippen LogP contribution >= 0.6 is 0 Å². The van der Waals surface area contributed by atoms with E-state index >= 15 is 0 Å².